The molecule has 0 radical (unpaired) electrons. The third-order valence-electron chi connectivity index (χ3n) is 3.88. The maximum atomic E-state index is 6.45. The van der Waals surface area contributed by atoms with Crippen LogP contribution in [0.2, 0.25) is 10.0 Å². The Morgan fingerprint density at radius 1 is 0.926 bits per heavy atom. The van der Waals surface area contributed by atoms with Crippen LogP contribution in [0.3, 0.4) is 0 Å². The van der Waals surface area contributed by atoms with E-state index in [1.165, 1.54) is 0 Å². The maximum Gasteiger partial charge on any atom is 0.163 e. The number of benzene rings is 2. The minimum atomic E-state index is 0.419. The molecule has 1 N–H and O–H groups in total. The van der Waals surface area contributed by atoms with E-state index in [0.717, 1.165) is 37.3 Å². The molecular formula is C21H27Cl2NO3. The summed E-state index contributed by atoms with van der Waals surface area (Å²) in [5.41, 5.74) is 2.01. The summed E-state index contributed by atoms with van der Waals surface area (Å²) in [6.07, 6.45) is 0.964. The van der Waals surface area contributed by atoms with Crippen molar-refractivity contribution in [1.82, 2.24) is 5.32 Å². The Morgan fingerprint density at radius 3 is 2.37 bits per heavy atom. The van der Waals surface area contributed by atoms with Gasteiger partial charge in [-0.3, -0.25) is 0 Å². The van der Waals surface area contributed by atoms with Crippen LogP contribution < -0.4 is 14.8 Å². The standard InChI is InChI=1S/C21H27Cl2NO3/c1-3-25-11-5-10-24-14-17-12-20(26-4-2)21(13-19(17)23)27-15-16-6-8-18(22)9-7-16/h6-9,12-13,24H,3-5,10-11,14-15H2,1-2H3. The average Bonchev–Trinajstić information content (AvgIpc) is 2.67. The van der Waals surface area contributed by atoms with Crippen molar-refractivity contribution in [3.63, 3.8) is 0 Å². The highest BCUT2D eigenvalue weighted by Crippen LogP contribution is 2.34. The lowest BCUT2D eigenvalue weighted by Gasteiger charge is -2.15. The molecule has 0 amide bonds. The van der Waals surface area contributed by atoms with Crippen LogP contribution in [-0.2, 0) is 17.9 Å². The molecule has 2 rings (SSSR count). The van der Waals surface area contributed by atoms with Crippen LogP contribution in [0.15, 0.2) is 36.4 Å². The molecule has 0 unspecified atom stereocenters. The van der Waals surface area contributed by atoms with Crippen molar-refractivity contribution in [2.24, 2.45) is 0 Å². The van der Waals surface area contributed by atoms with E-state index in [9.17, 15) is 0 Å². The van der Waals surface area contributed by atoms with Gasteiger partial charge in [-0.15, -0.1) is 0 Å². The molecule has 6 heteroatoms. The second-order valence-corrected chi connectivity index (χ2v) is 6.81. The van der Waals surface area contributed by atoms with E-state index in [0.29, 0.717) is 41.3 Å². The van der Waals surface area contributed by atoms with Crippen LogP contribution >= 0.6 is 23.2 Å². The van der Waals surface area contributed by atoms with Gasteiger partial charge in [-0.05, 0) is 56.1 Å². The zero-order chi connectivity index (χ0) is 19.5. The first-order chi connectivity index (χ1) is 13.1. The molecule has 0 saturated heterocycles. The van der Waals surface area contributed by atoms with Gasteiger partial charge in [-0.2, -0.15) is 0 Å². The normalized spacial score (nSPS) is 10.8. The zero-order valence-corrected chi connectivity index (χ0v) is 17.4. The minimum Gasteiger partial charge on any atom is -0.490 e. The third-order valence-corrected chi connectivity index (χ3v) is 4.49. The van der Waals surface area contributed by atoms with Crippen molar-refractivity contribution in [3.8, 4) is 11.5 Å². The van der Waals surface area contributed by atoms with Gasteiger partial charge in [0.1, 0.15) is 6.61 Å². The molecule has 27 heavy (non-hydrogen) atoms. The molecule has 0 saturated carbocycles. The van der Waals surface area contributed by atoms with Gasteiger partial charge in [0.05, 0.1) is 6.61 Å². The fraction of sp³-hybridized carbons (Fsp3) is 0.429. The van der Waals surface area contributed by atoms with Gasteiger partial charge >= 0.3 is 0 Å². The summed E-state index contributed by atoms with van der Waals surface area (Å²) in [5.74, 6) is 1.33. The van der Waals surface area contributed by atoms with E-state index in [2.05, 4.69) is 5.32 Å². The van der Waals surface area contributed by atoms with Crippen LogP contribution in [0.5, 0.6) is 11.5 Å². The first kappa shape index (κ1) is 21.8. The summed E-state index contributed by atoms with van der Waals surface area (Å²) >= 11 is 12.4. The van der Waals surface area contributed by atoms with E-state index < -0.39 is 0 Å². The van der Waals surface area contributed by atoms with Crippen LogP contribution in [-0.4, -0.2) is 26.4 Å². The summed E-state index contributed by atoms with van der Waals surface area (Å²) in [7, 11) is 0. The number of hydrogen-bond acceptors (Lipinski definition) is 4. The number of nitrogens with one attached hydrogen (secondary N) is 1. The third kappa shape index (κ3) is 7.59. The predicted molar refractivity (Wildman–Crippen MR) is 111 cm³/mol. The number of halogens is 2. The predicted octanol–water partition coefficient (Wildman–Crippen LogP) is 5.49. The van der Waals surface area contributed by atoms with Gasteiger partial charge in [-0.1, -0.05) is 35.3 Å². The van der Waals surface area contributed by atoms with Gasteiger partial charge in [-0.25, -0.2) is 0 Å². The molecule has 2 aromatic rings. The average molecular weight is 412 g/mol. The first-order valence-corrected chi connectivity index (χ1v) is 10.0. The largest absolute Gasteiger partial charge is 0.490 e. The molecule has 148 valence electrons. The maximum absolute atomic E-state index is 6.45. The van der Waals surface area contributed by atoms with Crippen molar-refractivity contribution in [2.75, 3.05) is 26.4 Å². The molecule has 0 heterocycles. The van der Waals surface area contributed by atoms with Crippen LogP contribution in [0.1, 0.15) is 31.4 Å². The summed E-state index contributed by atoms with van der Waals surface area (Å²) in [6.45, 7) is 7.97. The molecule has 0 aliphatic heterocycles. The lowest BCUT2D eigenvalue weighted by Crippen LogP contribution is -2.16. The van der Waals surface area contributed by atoms with Gasteiger partial charge in [0.25, 0.3) is 0 Å². The summed E-state index contributed by atoms with van der Waals surface area (Å²) in [6, 6.07) is 11.3. The Bertz CT molecular complexity index is 693. The van der Waals surface area contributed by atoms with E-state index in [1.807, 2.05) is 50.2 Å². The van der Waals surface area contributed by atoms with Crippen molar-refractivity contribution in [3.05, 3.63) is 57.6 Å². The fourth-order valence-corrected chi connectivity index (χ4v) is 2.85. The number of ether oxygens (including phenoxy) is 3. The van der Waals surface area contributed by atoms with Crippen molar-refractivity contribution in [2.45, 2.75) is 33.4 Å². The molecule has 0 spiro atoms. The molecule has 0 aliphatic rings. The molecule has 0 aliphatic carbocycles. The smallest absolute Gasteiger partial charge is 0.163 e. The summed E-state index contributed by atoms with van der Waals surface area (Å²) in [5, 5.41) is 4.74. The molecule has 2 aromatic carbocycles. The Morgan fingerprint density at radius 2 is 1.67 bits per heavy atom. The van der Waals surface area contributed by atoms with Crippen molar-refractivity contribution in [1.29, 1.82) is 0 Å². The quantitative estimate of drug-likeness (QED) is 0.468. The highest BCUT2D eigenvalue weighted by atomic mass is 35.5. The second-order valence-electron chi connectivity index (χ2n) is 5.97. The van der Waals surface area contributed by atoms with Crippen LogP contribution in [0.25, 0.3) is 0 Å². The Hall–Kier alpha value is -1.46. The summed E-state index contributed by atoms with van der Waals surface area (Å²) in [4.78, 5) is 0. The van der Waals surface area contributed by atoms with E-state index in [4.69, 9.17) is 37.4 Å². The van der Waals surface area contributed by atoms with Gasteiger partial charge < -0.3 is 19.5 Å². The molecule has 0 atom stereocenters. The Kier molecular flexibility index (Phi) is 9.78. The molecule has 0 fully saturated rings. The minimum absolute atomic E-state index is 0.419. The lowest BCUT2D eigenvalue weighted by molar-refractivity contribution is 0.144. The van der Waals surface area contributed by atoms with Crippen molar-refractivity contribution >= 4 is 23.2 Å². The van der Waals surface area contributed by atoms with E-state index >= 15 is 0 Å². The molecule has 0 bridgehead atoms. The molecule has 4 nitrogen and oxygen atoms in total. The van der Waals surface area contributed by atoms with E-state index in [1.54, 1.807) is 0 Å². The fourth-order valence-electron chi connectivity index (χ4n) is 2.50. The van der Waals surface area contributed by atoms with Gasteiger partial charge in [0.2, 0.25) is 0 Å². The Labute approximate surface area is 171 Å². The van der Waals surface area contributed by atoms with Crippen LogP contribution in [0, 0.1) is 0 Å². The van der Waals surface area contributed by atoms with Crippen molar-refractivity contribution < 1.29 is 14.2 Å². The highest BCUT2D eigenvalue weighted by Gasteiger charge is 2.11. The highest BCUT2D eigenvalue weighted by molar-refractivity contribution is 6.31. The Balaban J connectivity index is 1.98. The molecular weight excluding hydrogens is 385 g/mol. The SMILES string of the molecule is CCOCCCNCc1cc(OCC)c(OCc2ccc(Cl)cc2)cc1Cl. The molecule has 0 aromatic heterocycles. The van der Waals surface area contributed by atoms with Gasteiger partial charge in [0, 0.05) is 35.9 Å². The van der Waals surface area contributed by atoms with E-state index in [-0.39, 0.29) is 0 Å². The topological polar surface area (TPSA) is 39.7 Å². The van der Waals surface area contributed by atoms with Crippen LogP contribution in [0.4, 0.5) is 0 Å². The monoisotopic (exact) mass is 411 g/mol. The number of rotatable bonds is 12. The second kappa shape index (κ2) is 12.1. The zero-order valence-electron chi connectivity index (χ0n) is 15.9. The first-order valence-electron chi connectivity index (χ1n) is 9.25. The lowest BCUT2D eigenvalue weighted by atomic mass is 10.2. The number of hydrogen-bond donors (Lipinski definition) is 1. The van der Waals surface area contributed by atoms with Gasteiger partial charge in [0.15, 0.2) is 11.5 Å². The summed E-state index contributed by atoms with van der Waals surface area (Å²) < 4.78 is 17.0.